The Morgan fingerprint density at radius 3 is 2.63 bits per heavy atom. The van der Waals surface area contributed by atoms with E-state index in [2.05, 4.69) is 0 Å². The topological polar surface area (TPSA) is 29.3 Å². The molecule has 2 aromatic carbocycles. The normalized spacial score (nSPS) is 10.9. The van der Waals surface area contributed by atoms with E-state index < -0.39 is 0 Å². The first-order valence-corrected chi connectivity index (χ1v) is 6.39. The molecule has 0 aliphatic carbocycles. The minimum atomic E-state index is -0.271. The highest BCUT2D eigenvalue weighted by molar-refractivity contribution is 6.30. The summed E-state index contributed by atoms with van der Waals surface area (Å²) in [6.07, 6.45) is 0. The molecule has 4 heteroatoms. The Balaban J connectivity index is 2.03. The smallest absolute Gasteiger partial charge is 0.129 e. The summed E-state index contributed by atoms with van der Waals surface area (Å²) in [4.78, 5) is 2.03. The summed E-state index contributed by atoms with van der Waals surface area (Å²) in [7, 11) is 1.94. The third kappa shape index (κ3) is 3.94. The number of anilines is 1. The van der Waals surface area contributed by atoms with Gasteiger partial charge in [-0.1, -0.05) is 29.8 Å². The highest BCUT2D eigenvalue weighted by Crippen LogP contribution is 2.17. The molecule has 0 atom stereocenters. The molecule has 2 aromatic rings. The van der Waals surface area contributed by atoms with Crippen molar-refractivity contribution in [1.29, 1.82) is 0 Å². The first-order chi connectivity index (χ1) is 9.04. The average Bonchev–Trinajstić information content (AvgIpc) is 2.33. The molecule has 0 aliphatic rings. The number of hydrogen-bond donors (Lipinski definition) is 1. The van der Waals surface area contributed by atoms with Gasteiger partial charge in [-0.15, -0.1) is 0 Å². The van der Waals surface area contributed by atoms with Gasteiger partial charge < -0.3 is 5.73 Å². The van der Waals surface area contributed by atoms with Gasteiger partial charge in [0, 0.05) is 29.4 Å². The van der Waals surface area contributed by atoms with Crippen molar-refractivity contribution in [2.45, 2.75) is 13.1 Å². The van der Waals surface area contributed by atoms with Crippen LogP contribution in [0.4, 0.5) is 10.1 Å². The Kier molecular flexibility index (Phi) is 4.40. The number of halogens is 2. The molecule has 2 rings (SSSR count). The second kappa shape index (κ2) is 6.04. The van der Waals surface area contributed by atoms with Crippen molar-refractivity contribution in [3.8, 4) is 0 Å². The molecule has 0 fully saturated rings. The molecule has 19 heavy (non-hydrogen) atoms. The van der Waals surface area contributed by atoms with Crippen molar-refractivity contribution in [3.05, 3.63) is 64.4 Å². The van der Waals surface area contributed by atoms with Crippen molar-refractivity contribution in [2.24, 2.45) is 0 Å². The van der Waals surface area contributed by atoms with Gasteiger partial charge in [0.15, 0.2) is 0 Å². The first-order valence-electron chi connectivity index (χ1n) is 6.01. The molecule has 0 spiro atoms. The molecular formula is C15H16ClFN2. The van der Waals surface area contributed by atoms with E-state index in [0.29, 0.717) is 23.7 Å². The van der Waals surface area contributed by atoms with Crippen LogP contribution in [0.25, 0.3) is 0 Å². The zero-order valence-electron chi connectivity index (χ0n) is 10.7. The number of nitrogen functional groups attached to an aromatic ring is 1. The molecular weight excluding hydrogens is 263 g/mol. The molecule has 0 unspecified atom stereocenters. The highest BCUT2D eigenvalue weighted by Gasteiger charge is 2.07. The van der Waals surface area contributed by atoms with E-state index in [0.717, 1.165) is 11.3 Å². The standard InChI is InChI=1S/C15H16ClFN2/c1-19(9-11-3-2-4-14(18)7-11)10-12-5-6-13(16)8-15(12)17/h2-8H,9-10,18H2,1H3. The molecule has 0 saturated carbocycles. The Labute approximate surface area is 117 Å². The van der Waals surface area contributed by atoms with Gasteiger partial charge in [0.25, 0.3) is 0 Å². The molecule has 2 N–H and O–H groups in total. The van der Waals surface area contributed by atoms with E-state index in [1.165, 1.54) is 6.07 Å². The summed E-state index contributed by atoms with van der Waals surface area (Å²) in [5.74, 6) is -0.271. The quantitative estimate of drug-likeness (QED) is 0.864. The van der Waals surface area contributed by atoms with Gasteiger partial charge in [0.1, 0.15) is 5.82 Å². The molecule has 0 aliphatic heterocycles. The molecule has 2 nitrogen and oxygen atoms in total. The van der Waals surface area contributed by atoms with Crippen molar-refractivity contribution >= 4 is 17.3 Å². The van der Waals surface area contributed by atoms with Gasteiger partial charge in [-0.2, -0.15) is 0 Å². The predicted octanol–water partition coefficient (Wildman–Crippen LogP) is 3.69. The summed E-state index contributed by atoms with van der Waals surface area (Å²) >= 11 is 5.73. The Morgan fingerprint density at radius 2 is 1.95 bits per heavy atom. The van der Waals surface area contributed by atoms with Crippen molar-refractivity contribution in [2.75, 3.05) is 12.8 Å². The summed E-state index contributed by atoms with van der Waals surface area (Å²) in [5, 5.41) is 0.416. The van der Waals surface area contributed by atoms with Crippen LogP contribution >= 0.6 is 11.6 Å². The van der Waals surface area contributed by atoms with Gasteiger partial charge in [-0.05, 0) is 36.9 Å². The van der Waals surface area contributed by atoms with Crippen LogP contribution in [0.3, 0.4) is 0 Å². The molecule has 0 bridgehead atoms. The van der Waals surface area contributed by atoms with Crippen LogP contribution in [0, 0.1) is 5.82 Å². The SMILES string of the molecule is CN(Cc1cccc(N)c1)Cc1ccc(Cl)cc1F. The number of benzene rings is 2. The second-order valence-electron chi connectivity index (χ2n) is 4.65. The highest BCUT2D eigenvalue weighted by atomic mass is 35.5. The average molecular weight is 279 g/mol. The second-order valence-corrected chi connectivity index (χ2v) is 5.09. The fraction of sp³-hybridized carbons (Fsp3) is 0.200. The van der Waals surface area contributed by atoms with Crippen molar-refractivity contribution in [1.82, 2.24) is 4.90 Å². The van der Waals surface area contributed by atoms with Crippen molar-refractivity contribution in [3.63, 3.8) is 0 Å². The van der Waals surface area contributed by atoms with Gasteiger partial charge >= 0.3 is 0 Å². The minimum Gasteiger partial charge on any atom is -0.399 e. The zero-order chi connectivity index (χ0) is 13.8. The number of rotatable bonds is 4. The minimum absolute atomic E-state index is 0.271. The maximum atomic E-state index is 13.7. The van der Waals surface area contributed by atoms with Crippen LogP contribution in [0.5, 0.6) is 0 Å². The lowest BCUT2D eigenvalue weighted by Gasteiger charge is -2.17. The predicted molar refractivity (Wildman–Crippen MR) is 77.4 cm³/mol. The molecule has 0 aromatic heterocycles. The van der Waals surface area contributed by atoms with Gasteiger partial charge in [-0.25, -0.2) is 4.39 Å². The van der Waals surface area contributed by atoms with Crippen molar-refractivity contribution < 1.29 is 4.39 Å². The van der Waals surface area contributed by atoms with Gasteiger partial charge in [-0.3, -0.25) is 4.90 Å². The van der Waals surface area contributed by atoms with Gasteiger partial charge in [0.05, 0.1) is 0 Å². The Morgan fingerprint density at radius 1 is 1.16 bits per heavy atom. The monoisotopic (exact) mass is 278 g/mol. The molecule has 0 heterocycles. The lowest BCUT2D eigenvalue weighted by molar-refractivity contribution is 0.313. The fourth-order valence-electron chi connectivity index (χ4n) is 2.00. The van der Waals surface area contributed by atoms with Crippen LogP contribution in [0.2, 0.25) is 5.02 Å². The van der Waals surface area contributed by atoms with E-state index in [4.69, 9.17) is 17.3 Å². The van der Waals surface area contributed by atoms with Crippen LogP contribution in [-0.2, 0) is 13.1 Å². The summed E-state index contributed by atoms with van der Waals surface area (Å²) < 4.78 is 13.7. The molecule has 0 amide bonds. The maximum Gasteiger partial charge on any atom is 0.129 e. The first kappa shape index (κ1) is 13.8. The van der Waals surface area contributed by atoms with E-state index in [9.17, 15) is 4.39 Å². The lowest BCUT2D eigenvalue weighted by Crippen LogP contribution is -2.18. The molecule has 0 saturated heterocycles. The zero-order valence-corrected chi connectivity index (χ0v) is 11.5. The fourth-order valence-corrected chi connectivity index (χ4v) is 2.16. The van der Waals surface area contributed by atoms with E-state index in [1.54, 1.807) is 12.1 Å². The molecule has 0 radical (unpaired) electrons. The summed E-state index contributed by atoms with van der Waals surface area (Å²) in [6.45, 7) is 1.24. The van der Waals surface area contributed by atoms with Crippen LogP contribution in [-0.4, -0.2) is 11.9 Å². The largest absolute Gasteiger partial charge is 0.399 e. The Hall–Kier alpha value is -1.58. The van der Waals surface area contributed by atoms with Gasteiger partial charge in [0.2, 0.25) is 0 Å². The molecule has 100 valence electrons. The lowest BCUT2D eigenvalue weighted by atomic mass is 10.1. The summed E-state index contributed by atoms with van der Waals surface area (Å²) in [6, 6.07) is 12.5. The number of nitrogens with two attached hydrogens (primary N) is 1. The maximum absolute atomic E-state index is 13.7. The van der Waals surface area contributed by atoms with Crippen LogP contribution < -0.4 is 5.73 Å². The summed E-state index contributed by atoms with van der Waals surface area (Å²) in [5.41, 5.74) is 8.22. The Bertz CT molecular complexity index is 572. The number of hydrogen-bond acceptors (Lipinski definition) is 2. The van der Waals surface area contributed by atoms with E-state index in [1.807, 2.05) is 36.2 Å². The van der Waals surface area contributed by atoms with Crippen LogP contribution in [0.15, 0.2) is 42.5 Å². The van der Waals surface area contributed by atoms with Crippen LogP contribution in [0.1, 0.15) is 11.1 Å². The van der Waals surface area contributed by atoms with E-state index >= 15 is 0 Å². The third-order valence-electron chi connectivity index (χ3n) is 2.86. The van der Waals surface area contributed by atoms with E-state index in [-0.39, 0.29) is 5.82 Å². The third-order valence-corrected chi connectivity index (χ3v) is 3.09. The number of nitrogens with zero attached hydrogens (tertiary/aromatic N) is 1.